The fourth-order valence-corrected chi connectivity index (χ4v) is 0.712. The van der Waals surface area contributed by atoms with Crippen molar-refractivity contribution in [2.24, 2.45) is 0 Å². The zero-order valence-electron chi connectivity index (χ0n) is 7.35. The van der Waals surface area contributed by atoms with Gasteiger partial charge < -0.3 is 10.4 Å². The maximum Gasteiger partial charge on any atom is 0.0576 e. The first-order chi connectivity index (χ1) is 5.31. The summed E-state index contributed by atoms with van der Waals surface area (Å²) in [6, 6.07) is 0. The number of hydrogen-bond acceptors (Lipinski definition) is 2. The van der Waals surface area contributed by atoms with Gasteiger partial charge in [0.1, 0.15) is 0 Å². The van der Waals surface area contributed by atoms with Gasteiger partial charge in [-0.15, -0.1) is 5.92 Å². The molecule has 0 aromatic carbocycles. The van der Waals surface area contributed by atoms with Gasteiger partial charge in [-0.1, -0.05) is 12.8 Å². The minimum absolute atomic E-state index is 0.155. The van der Waals surface area contributed by atoms with Crippen molar-refractivity contribution in [2.45, 2.75) is 32.8 Å². The average molecular weight is 155 g/mol. The molecule has 1 atom stereocenters. The smallest absolute Gasteiger partial charge is 0.0576 e. The predicted octanol–water partition coefficient (Wildman–Crippen LogP) is 0.760. The first-order valence-corrected chi connectivity index (χ1v) is 4.09. The zero-order valence-corrected chi connectivity index (χ0v) is 7.35. The SMILES string of the molecule is CC#CCNCCC(O)CC. The van der Waals surface area contributed by atoms with E-state index in [1.165, 1.54) is 0 Å². The minimum atomic E-state index is -0.155. The van der Waals surface area contributed by atoms with E-state index < -0.39 is 0 Å². The number of nitrogens with one attached hydrogen (secondary N) is 1. The van der Waals surface area contributed by atoms with E-state index in [-0.39, 0.29) is 6.10 Å². The molecule has 64 valence electrons. The lowest BCUT2D eigenvalue weighted by atomic mass is 10.2. The lowest BCUT2D eigenvalue weighted by Gasteiger charge is -2.06. The molecule has 0 radical (unpaired) electrons. The second kappa shape index (κ2) is 7.59. The number of hydrogen-bond donors (Lipinski definition) is 2. The molecule has 0 spiro atoms. The Bertz CT molecular complexity index is 134. The summed E-state index contributed by atoms with van der Waals surface area (Å²) < 4.78 is 0. The highest BCUT2D eigenvalue weighted by Crippen LogP contribution is 1.93. The van der Waals surface area contributed by atoms with Crippen LogP contribution in [0, 0.1) is 11.8 Å². The molecule has 2 heteroatoms. The summed E-state index contributed by atoms with van der Waals surface area (Å²) in [5.74, 6) is 5.69. The molecule has 2 nitrogen and oxygen atoms in total. The van der Waals surface area contributed by atoms with Gasteiger partial charge in [0.15, 0.2) is 0 Å². The monoisotopic (exact) mass is 155 g/mol. The van der Waals surface area contributed by atoms with Crippen LogP contribution in [0.25, 0.3) is 0 Å². The van der Waals surface area contributed by atoms with Crippen LogP contribution >= 0.6 is 0 Å². The lowest BCUT2D eigenvalue weighted by molar-refractivity contribution is 0.160. The highest BCUT2D eigenvalue weighted by atomic mass is 16.3. The minimum Gasteiger partial charge on any atom is -0.393 e. The van der Waals surface area contributed by atoms with Gasteiger partial charge in [-0.3, -0.25) is 0 Å². The van der Waals surface area contributed by atoms with Crippen molar-refractivity contribution in [1.29, 1.82) is 0 Å². The molecular weight excluding hydrogens is 138 g/mol. The predicted molar refractivity (Wildman–Crippen MR) is 47.2 cm³/mol. The van der Waals surface area contributed by atoms with Crippen molar-refractivity contribution in [3.05, 3.63) is 0 Å². The normalized spacial score (nSPS) is 11.9. The molecule has 0 aliphatic rings. The maximum absolute atomic E-state index is 9.14. The van der Waals surface area contributed by atoms with Crippen molar-refractivity contribution in [3.63, 3.8) is 0 Å². The summed E-state index contributed by atoms with van der Waals surface area (Å²) in [6.45, 7) is 5.38. The van der Waals surface area contributed by atoms with Crippen molar-refractivity contribution in [1.82, 2.24) is 5.32 Å². The molecule has 0 saturated carbocycles. The van der Waals surface area contributed by atoms with Gasteiger partial charge in [-0.05, 0) is 26.3 Å². The van der Waals surface area contributed by atoms with E-state index in [4.69, 9.17) is 5.11 Å². The Labute approximate surface area is 69.0 Å². The second-order valence-corrected chi connectivity index (χ2v) is 2.45. The average Bonchev–Trinajstić information content (AvgIpc) is 2.04. The van der Waals surface area contributed by atoms with Gasteiger partial charge in [0.25, 0.3) is 0 Å². The van der Waals surface area contributed by atoms with Crippen LogP contribution in [-0.2, 0) is 0 Å². The molecule has 0 bridgehead atoms. The topological polar surface area (TPSA) is 32.3 Å². The molecule has 0 aromatic rings. The van der Waals surface area contributed by atoms with Crippen molar-refractivity contribution in [2.75, 3.05) is 13.1 Å². The third-order valence-corrected chi connectivity index (χ3v) is 1.52. The standard InChI is InChI=1S/C9H17NO/c1-3-5-7-10-8-6-9(11)4-2/h9-11H,4,6-8H2,1-2H3. The fraction of sp³-hybridized carbons (Fsp3) is 0.778. The molecule has 11 heavy (non-hydrogen) atoms. The Hall–Kier alpha value is -0.520. The van der Waals surface area contributed by atoms with Crippen LogP contribution in [0.3, 0.4) is 0 Å². The highest BCUT2D eigenvalue weighted by molar-refractivity contribution is 4.96. The van der Waals surface area contributed by atoms with E-state index in [1.54, 1.807) is 0 Å². The Morgan fingerprint density at radius 1 is 1.55 bits per heavy atom. The summed E-state index contributed by atoms with van der Waals surface area (Å²) in [5, 5.41) is 12.3. The third kappa shape index (κ3) is 7.38. The molecule has 0 fully saturated rings. The van der Waals surface area contributed by atoms with Gasteiger partial charge in [-0.25, -0.2) is 0 Å². The first-order valence-electron chi connectivity index (χ1n) is 4.09. The van der Waals surface area contributed by atoms with Crippen LogP contribution in [0.5, 0.6) is 0 Å². The van der Waals surface area contributed by atoms with Crippen LogP contribution < -0.4 is 5.32 Å². The fourth-order valence-electron chi connectivity index (χ4n) is 0.712. The Morgan fingerprint density at radius 2 is 2.27 bits per heavy atom. The molecule has 1 unspecified atom stereocenters. The largest absolute Gasteiger partial charge is 0.393 e. The second-order valence-electron chi connectivity index (χ2n) is 2.45. The molecule has 0 aliphatic heterocycles. The van der Waals surface area contributed by atoms with Crippen LogP contribution in [0.15, 0.2) is 0 Å². The van der Waals surface area contributed by atoms with Crippen molar-refractivity contribution in [3.8, 4) is 11.8 Å². The Balaban J connectivity index is 3.05. The van der Waals surface area contributed by atoms with E-state index in [9.17, 15) is 0 Å². The molecule has 0 aliphatic carbocycles. The number of aliphatic hydroxyl groups excluding tert-OH is 1. The lowest BCUT2D eigenvalue weighted by Crippen LogP contribution is -2.20. The molecule has 0 amide bonds. The Kier molecular flexibility index (Phi) is 7.23. The van der Waals surface area contributed by atoms with E-state index >= 15 is 0 Å². The van der Waals surface area contributed by atoms with Crippen LogP contribution in [0.2, 0.25) is 0 Å². The number of aliphatic hydroxyl groups is 1. The van der Waals surface area contributed by atoms with E-state index in [0.717, 1.165) is 25.9 Å². The molecule has 0 aromatic heterocycles. The van der Waals surface area contributed by atoms with Gasteiger partial charge in [0.05, 0.1) is 12.6 Å². The van der Waals surface area contributed by atoms with Crippen molar-refractivity contribution < 1.29 is 5.11 Å². The quantitative estimate of drug-likeness (QED) is 0.454. The van der Waals surface area contributed by atoms with Crippen molar-refractivity contribution >= 4 is 0 Å². The van der Waals surface area contributed by atoms with E-state index in [0.29, 0.717) is 0 Å². The summed E-state index contributed by atoms with van der Waals surface area (Å²) in [5.41, 5.74) is 0. The Morgan fingerprint density at radius 3 is 2.82 bits per heavy atom. The van der Waals surface area contributed by atoms with Gasteiger partial charge in [0.2, 0.25) is 0 Å². The van der Waals surface area contributed by atoms with Crippen LogP contribution in [0.1, 0.15) is 26.7 Å². The van der Waals surface area contributed by atoms with Crippen LogP contribution in [-0.4, -0.2) is 24.3 Å². The van der Waals surface area contributed by atoms with Gasteiger partial charge in [0, 0.05) is 0 Å². The molecular formula is C9H17NO. The molecule has 2 N–H and O–H groups in total. The van der Waals surface area contributed by atoms with E-state index in [1.807, 2.05) is 13.8 Å². The first kappa shape index (κ1) is 10.5. The molecule has 0 rings (SSSR count). The zero-order chi connectivity index (χ0) is 8.53. The molecule has 0 saturated heterocycles. The summed E-state index contributed by atoms with van der Waals surface area (Å²) in [4.78, 5) is 0. The summed E-state index contributed by atoms with van der Waals surface area (Å²) >= 11 is 0. The molecule has 0 heterocycles. The van der Waals surface area contributed by atoms with Gasteiger partial charge >= 0.3 is 0 Å². The van der Waals surface area contributed by atoms with Gasteiger partial charge in [-0.2, -0.15) is 0 Å². The highest BCUT2D eigenvalue weighted by Gasteiger charge is 1.97. The summed E-state index contributed by atoms with van der Waals surface area (Å²) in [7, 11) is 0. The van der Waals surface area contributed by atoms with Crippen LogP contribution in [0.4, 0.5) is 0 Å². The number of rotatable bonds is 5. The van der Waals surface area contributed by atoms with E-state index in [2.05, 4.69) is 17.2 Å². The maximum atomic E-state index is 9.14. The summed E-state index contributed by atoms with van der Waals surface area (Å²) in [6.07, 6.45) is 1.50. The third-order valence-electron chi connectivity index (χ3n) is 1.52.